The Hall–Kier alpha value is -2.95. The van der Waals surface area contributed by atoms with Crippen LogP contribution in [0.3, 0.4) is 0 Å². The largest absolute Gasteiger partial charge is 0.352 e. The molecule has 1 amide bonds. The smallest absolute Gasteiger partial charge is 0.220 e. The molecule has 5 heteroatoms. The summed E-state index contributed by atoms with van der Waals surface area (Å²) in [6.45, 7) is 2.54. The molecule has 0 aliphatic carbocycles. The van der Waals surface area contributed by atoms with Crippen molar-refractivity contribution in [2.75, 3.05) is 0 Å². The molecule has 0 fully saturated rings. The first kappa shape index (κ1) is 16.9. The third-order valence-electron chi connectivity index (χ3n) is 4.18. The Morgan fingerprint density at radius 1 is 1.16 bits per heavy atom. The van der Waals surface area contributed by atoms with E-state index in [4.69, 9.17) is 0 Å². The number of hydrogen-bond acceptors (Lipinski definition) is 3. The van der Waals surface area contributed by atoms with Gasteiger partial charge >= 0.3 is 0 Å². The molecule has 128 valence electrons. The molecule has 0 radical (unpaired) electrons. The molecule has 3 rings (SSSR count). The lowest BCUT2D eigenvalue weighted by molar-refractivity contribution is -0.121. The topological polar surface area (TPSA) is 59.8 Å². The number of hydrogen-bond donors (Lipinski definition) is 1. The van der Waals surface area contributed by atoms with Crippen LogP contribution in [0.4, 0.5) is 0 Å². The number of nitrogens with zero attached hydrogens (tertiary/aromatic N) is 3. The van der Waals surface area contributed by atoms with Crippen LogP contribution in [0.1, 0.15) is 30.4 Å². The molecule has 2 aromatic heterocycles. The van der Waals surface area contributed by atoms with E-state index in [1.807, 2.05) is 37.5 Å². The number of benzene rings is 1. The molecule has 5 nitrogen and oxygen atoms in total. The second-order valence-electron chi connectivity index (χ2n) is 6.28. The fourth-order valence-electron chi connectivity index (χ4n) is 2.76. The van der Waals surface area contributed by atoms with E-state index >= 15 is 0 Å². The second kappa shape index (κ2) is 7.75. The number of carbonyl (C=O) groups excluding carboxylic acids is 1. The van der Waals surface area contributed by atoms with Crippen LogP contribution in [0.5, 0.6) is 0 Å². The Labute approximate surface area is 147 Å². The SMILES string of the molecule is CC(CC(=O)NCc1cncc(-c2cnn(C)c2)c1)c1ccccc1. The molecule has 0 saturated heterocycles. The minimum Gasteiger partial charge on any atom is -0.352 e. The van der Waals surface area contributed by atoms with Gasteiger partial charge < -0.3 is 5.32 Å². The summed E-state index contributed by atoms with van der Waals surface area (Å²) < 4.78 is 1.76. The Kier molecular flexibility index (Phi) is 5.23. The van der Waals surface area contributed by atoms with Crippen LogP contribution in [0.15, 0.2) is 61.2 Å². The van der Waals surface area contributed by atoms with Gasteiger partial charge in [-0.15, -0.1) is 0 Å². The summed E-state index contributed by atoms with van der Waals surface area (Å²) in [6, 6.07) is 12.1. The molecule has 1 unspecified atom stereocenters. The van der Waals surface area contributed by atoms with Crippen molar-refractivity contribution in [1.82, 2.24) is 20.1 Å². The lowest BCUT2D eigenvalue weighted by Crippen LogP contribution is -2.24. The zero-order chi connectivity index (χ0) is 17.6. The van der Waals surface area contributed by atoms with Gasteiger partial charge in [0.1, 0.15) is 0 Å². The van der Waals surface area contributed by atoms with Crippen LogP contribution in [0, 0.1) is 0 Å². The van der Waals surface area contributed by atoms with Crippen molar-refractivity contribution in [1.29, 1.82) is 0 Å². The van der Waals surface area contributed by atoms with Gasteiger partial charge in [0.15, 0.2) is 0 Å². The van der Waals surface area contributed by atoms with Crippen molar-refractivity contribution in [2.45, 2.75) is 25.8 Å². The lowest BCUT2D eigenvalue weighted by atomic mass is 9.97. The van der Waals surface area contributed by atoms with Crippen molar-refractivity contribution in [3.05, 3.63) is 72.3 Å². The summed E-state index contributed by atoms with van der Waals surface area (Å²) in [5.74, 6) is 0.240. The molecule has 0 spiro atoms. The lowest BCUT2D eigenvalue weighted by Gasteiger charge is -2.12. The van der Waals surface area contributed by atoms with Crippen molar-refractivity contribution < 1.29 is 4.79 Å². The van der Waals surface area contributed by atoms with Gasteiger partial charge in [0.05, 0.1) is 6.20 Å². The Bertz CT molecular complexity index is 842. The van der Waals surface area contributed by atoms with Crippen LogP contribution in [0.2, 0.25) is 0 Å². The maximum Gasteiger partial charge on any atom is 0.220 e. The van der Waals surface area contributed by atoms with E-state index in [9.17, 15) is 4.79 Å². The van der Waals surface area contributed by atoms with Crippen LogP contribution >= 0.6 is 0 Å². The maximum atomic E-state index is 12.2. The number of amides is 1. The first-order valence-corrected chi connectivity index (χ1v) is 8.36. The summed E-state index contributed by atoms with van der Waals surface area (Å²) in [5.41, 5.74) is 4.17. The van der Waals surface area contributed by atoms with Gasteiger partial charge in [-0.05, 0) is 23.1 Å². The normalized spacial score (nSPS) is 11.9. The van der Waals surface area contributed by atoms with Crippen molar-refractivity contribution in [3.63, 3.8) is 0 Å². The van der Waals surface area contributed by atoms with E-state index in [1.165, 1.54) is 5.56 Å². The molecule has 1 aromatic carbocycles. The van der Waals surface area contributed by atoms with Crippen LogP contribution in [0.25, 0.3) is 11.1 Å². The van der Waals surface area contributed by atoms with Crippen molar-refractivity contribution in [3.8, 4) is 11.1 Å². The zero-order valence-corrected chi connectivity index (χ0v) is 14.5. The average molecular weight is 334 g/mol. The molecule has 0 saturated carbocycles. The summed E-state index contributed by atoms with van der Waals surface area (Å²) in [4.78, 5) is 16.5. The summed E-state index contributed by atoms with van der Waals surface area (Å²) in [5, 5.41) is 7.16. The van der Waals surface area contributed by atoms with Gasteiger partial charge in [0.2, 0.25) is 5.91 Å². The number of pyridine rings is 1. The van der Waals surface area contributed by atoms with Gasteiger partial charge in [0, 0.05) is 49.7 Å². The van der Waals surface area contributed by atoms with E-state index in [0.717, 1.165) is 16.7 Å². The van der Waals surface area contributed by atoms with Crippen molar-refractivity contribution in [2.24, 2.45) is 7.05 Å². The molecule has 0 bridgehead atoms. The number of aryl methyl sites for hydroxylation is 1. The average Bonchev–Trinajstić information content (AvgIpc) is 3.07. The quantitative estimate of drug-likeness (QED) is 0.752. The molecule has 25 heavy (non-hydrogen) atoms. The van der Waals surface area contributed by atoms with E-state index in [1.54, 1.807) is 23.3 Å². The molecule has 1 N–H and O–H groups in total. The Morgan fingerprint density at radius 3 is 2.68 bits per heavy atom. The number of nitrogens with one attached hydrogen (secondary N) is 1. The summed E-state index contributed by atoms with van der Waals surface area (Å²) in [6.07, 6.45) is 7.81. The predicted molar refractivity (Wildman–Crippen MR) is 97.8 cm³/mol. The standard InChI is InChI=1S/C20H22N4O/c1-15(17-6-4-3-5-7-17)8-20(25)22-11-16-9-18(12-21-10-16)19-13-23-24(2)14-19/h3-7,9-10,12-15H,8,11H2,1-2H3,(H,22,25). The van der Waals surface area contributed by atoms with Crippen molar-refractivity contribution >= 4 is 5.91 Å². The molecule has 3 aromatic rings. The minimum absolute atomic E-state index is 0.0446. The molecule has 0 aliphatic rings. The first-order chi connectivity index (χ1) is 12.1. The monoisotopic (exact) mass is 334 g/mol. The first-order valence-electron chi connectivity index (χ1n) is 8.36. The zero-order valence-electron chi connectivity index (χ0n) is 14.5. The fourth-order valence-corrected chi connectivity index (χ4v) is 2.76. The van der Waals surface area contributed by atoms with E-state index < -0.39 is 0 Å². The van der Waals surface area contributed by atoms with Gasteiger partial charge in [-0.2, -0.15) is 5.10 Å². The fraction of sp³-hybridized carbons (Fsp3) is 0.250. The summed E-state index contributed by atoms with van der Waals surface area (Å²) >= 11 is 0. The number of rotatable bonds is 6. The van der Waals surface area contributed by atoms with Gasteiger partial charge in [-0.1, -0.05) is 37.3 Å². The van der Waals surface area contributed by atoms with Gasteiger partial charge in [0.25, 0.3) is 0 Å². The number of aromatic nitrogens is 3. The number of carbonyl (C=O) groups is 1. The highest BCUT2D eigenvalue weighted by Crippen LogP contribution is 2.19. The van der Waals surface area contributed by atoms with Crippen LogP contribution < -0.4 is 5.32 Å². The third kappa shape index (κ3) is 4.53. The highest BCUT2D eigenvalue weighted by molar-refractivity contribution is 5.76. The maximum absolute atomic E-state index is 12.2. The Balaban J connectivity index is 1.57. The third-order valence-corrected chi connectivity index (χ3v) is 4.18. The van der Waals surface area contributed by atoms with E-state index in [2.05, 4.69) is 34.5 Å². The second-order valence-corrected chi connectivity index (χ2v) is 6.28. The van der Waals surface area contributed by atoms with Crippen LogP contribution in [-0.4, -0.2) is 20.7 Å². The minimum atomic E-state index is 0.0446. The van der Waals surface area contributed by atoms with E-state index in [0.29, 0.717) is 13.0 Å². The summed E-state index contributed by atoms with van der Waals surface area (Å²) in [7, 11) is 1.88. The molecule has 0 aliphatic heterocycles. The molecular formula is C20H22N4O. The van der Waals surface area contributed by atoms with E-state index in [-0.39, 0.29) is 11.8 Å². The molecule has 2 heterocycles. The predicted octanol–water partition coefficient (Wildman–Crippen LogP) is 3.29. The van der Waals surface area contributed by atoms with Gasteiger partial charge in [-0.25, -0.2) is 0 Å². The molecular weight excluding hydrogens is 312 g/mol. The van der Waals surface area contributed by atoms with Gasteiger partial charge in [-0.3, -0.25) is 14.5 Å². The highest BCUT2D eigenvalue weighted by Gasteiger charge is 2.11. The highest BCUT2D eigenvalue weighted by atomic mass is 16.1. The molecule has 1 atom stereocenters. The Morgan fingerprint density at radius 2 is 1.96 bits per heavy atom. The van der Waals surface area contributed by atoms with Crippen LogP contribution in [-0.2, 0) is 18.4 Å².